The number of hydrogen-bond acceptors (Lipinski definition) is 3. The highest BCUT2D eigenvalue weighted by atomic mass is 16.2. The molecule has 0 N–H and O–H groups in total. The fourth-order valence-corrected chi connectivity index (χ4v) is 3.59. The third-order valence-corrected chi connectivity index (χ3v) is 4.84. The molecule has 0 bridgehead atoms. The number of rotatable bonds is 3. The van der Waals surface area contributed by atoms with Gasteiger partial charge in [-0.1, -0.05) is 33.1 Å². The third-order valence-electron chi connectivity index (χ3n) is 4.84. The summed E-state index contributed by atoms with van der Waals surface area (Å²) in [6, 6.07) is 0. The van der Waals surface area contributed by atoms with Gasteiger partial charge in [-0.15, -0.1) is 10.2 Å². The van der Waals surface area contributed by atoms with Crippen molar-refractivity contribution in [1.29, 1.82) is 0 Å². The van der Waals surface area contributed by atoms with Gasteiger partial charge in [0.15, 0.2) is 5.82 Å². The largest absolute Gasteiger partial charge is 0.333 e. The number of amides is 1. The summed E-state index contributed by atoms with van der Waals surface area (Å²) in [6.45, 7) is 6.55. The van der Waals surface area contributed by atoms with E-state index in [4.69, 9.17) is 0 Å². The molecule has 0 atom stereocenters. The Hall–Kier alpha value is -1.39. The summed E-state index contributed by atoms with van der Waals surface area (Å²) in [5.41, 5.74) is 0. The summed E-state index contributed by atoms with van der Waals surface area (Å²) in [5, 5.41) is 8.56. The number of aromatic nitrogens is 3. The van der Waals surface area contributed by atoms with Gasteiger partial charge in [-0.05, 0) is 18.8 Å². The van der Waals surface area contributed by atoms with Crippen LogP contribution in [0, 0.1) is 5.92 Å². The molecule has 1 amide bonds. The average molecular weight is 290 g/mol. The Morgan fingerprint density at radius 3 is 2.67 bits per heavy atom. The van der Waals surface area contributed by atoms with Crippen molar-refractivity contribution in [3.63, 3.8) is 0 Å². The molecule has 0 spiro atoms. The number of hydrogen-bond donors (Lipinski definition) is 0. The second-order valence-electron chi connectivity index (χ2n) is 6.80. The molecule has 5 heteroatoms. The fourth-order valence-electron chi connectivity index (χ4n) is 3.59. The van der Waals surface area contributed by atoms with Gasteiger partial charge in [0.25, 0.3) is 0 Å². The van der Waals surface area contributed by atoms with Crippen LogP contribution >= 0.6 is 0 Å². The van der Waals surface area contributed by atoms with Gasteiger partial charge < -0.3 is 9.47 Å². The Labute approximate surface area is 126 Å². The zero-order valence-corrected chi connectivity index (χ0v) is 13.2. The minimum Gasteiger partial charge on any atom is -0.333 e. The molecule has 0 radical (unpaired) electrons. The molecule has 1 aliphatic heterocycles. The molecule has 1 fully saturated rings. The Kier molecular flexibility index (Phi) is 4.27. The van der Waals surface area contributed by atoms with E-state index in [-0.39, 0.29) is 0 Å². The molecular formula is C16H26N4O. The van der Waals surface area contributed by atoms with Crippen molar-refractivity contribution < 1.29 is 4.79 Å². The molecule has 21 heavy (non-hydrogen) atoms. The van der Waals surface area contributed by atoms with Crippen molar-refractivity contribution in [2.24, 2.45) is 5.92 Å². The summed E-state index contributed by atoms with van der Waals surface area (Å²) in [6.07, 6.45) is 7.12. The Balaban J connectivity index is 1.61. The van der Waals surface area contributed by atoms with Crippen LogP contribution in [0.3, 0.4) is 0 Å². The van der Waals surface area contributed by atoms with Crippen molar-refractivity contribution in [1.82, 2.24) is 19.7 Å². The molecule has 0 unspecified atom stereocenters. The fraction of sp³-hybridized carbons (Fsp3) is 0.812. The predicted molar refractivity (Wildman–Crippen MR) is 80.7 cm³/mol. The van der Waals surface area contributed by atoms with Crippen LogP contribution < -0.4 is 0 Å². The molecular weight excluding hydrogens is 264 g/mol. The van der Waals surface area contributed by atoms with Crippen molar-refractivity contribution >= 4 is 5.91 Å². The van der Waals surface area contributed by atoms with Gasteiger partial charge in [0.1, 0.15) is 5.82 Å². The predicted octanol–water partition coefficient (Wildman–Crippen LogP) is 2.71. The van der Waals surface area contributed by atoms with Crippen molar-refractivity contribution in [3.8, 4) is 0 Å². The number of nitrogens with zero attached hydrogens (tertiary/aromatic N) is 4. The second-order valence-corrected chi connectivity index (χ2v) is 6.80. The highest BCUT2D eigenvalue weighted by Gasteiger charge is 2.27. The Morgan fingerprint density at radius 2 is 1.95 bits per heavy atom. The monoisotopic (exact) mass is 290 g/mol. The van der Waals surface area contributed by atoms with Gasteiger partial charge in [0.2, 0.25) is 5.91 Å². The van der Waals surface area contributed by atoms with Crippen LogP contribution in [0.1, 0.15) is 69.9 Å². The minimum absolute atomic E-state index is 0.308. The first kappa shape index (κ1) is 14.5. The molecule has 2 aliphatic rings. The maximum Gasteiger partial charge on any atom is 0.223 e. The first-order valence-corrected chi connectivity index (χ1v) is 8.35. The van der Waals surface area contributed by atoms with Crippen LogP contribution in [0.15, 0.2) is 0 Å². The lowest BCUT2D eigenvalue weighted by atomic mass is 9.86. The lowest BCUT2D eigenvalue weighted by molar-refractivity contribution is -0.134. The van der Waals surface area contributed by atoms with Gasteiger partial charge in [-0.25, -0.2) is 0 Å². The van der Waals surface area contributed by atoms with E-state index < -0.39 is 0 Å². The topological polar surface area (TPSA) is 51.0 Å². The lowest BCUT2D eigenvalue weighted by Gasteiger charge is -2.30. The van der Waals surface area contributed by atoms with Crippen LogP contribution in [0.2, 0.25) is 0 Å². The van der Waals surface area contributed by atoms with Crippen LogP contribution in [-0.2, 0) is 17.9 Å². The van der Waals surface area contributed by atoms with Crippen molar-refractivity contribution in [2.45, 2.75) is 71.4 Å². The van der Waals surface area contributed by atoms with Crippen molar-refractivity contribution in [2.75, 3.05) is 6.54 Å². The Bertz CT molecular complexity index is 502. The first-order valence-electron chi connectivity index (χ1n) is 8.35. The van der Waals surface area contributed by atoms with E-state index in [0.29, 0.717) is 24.3 Å². The SMILES string of the molecule is CC(C)c1nnc2n1CCN(C(=O)CC1CCCCC1)C2. The minimum atomic E-state index is 0.308. The summed E-state index contributed by atoms with van der Waals surface area (Å²) in [5.74, 6) is 3.29. The molecule has 5 nitrogen and oxygen atoms in total. The molecule has 1 aromatic rings. The van der Waals surface area contributed by atoms with E-state index in [1.807, 2.05) is 4.90 Å². The summed E-state index contributed by atoms with van der Waals surface area (Å²) in [7, 11) is 0. The second kappa shape index (κ2) is 6.16. The van der Waals surface area contributed by atoms with Crippen LogP contribution in [0.5, 0.6) is 0 Å². The molecule has 0 saturated heterocycles. The lowest BCUT2D eigenvalue weighted by Crippen LogP contribution is -2.39. The molecule has 0 aromatic carbocycles. The van der Waals surface area contributed by atoms with Gasteiger partial charge in [0, 0.05) is 25.4 Å². The van der Waals surface area contributed by atoms with E-state index in [9.17, 15) is 4.79 Å². The first-order chi connectivity index (χ1) is 10.1. The summed E-state index contributed by atoms with van der Waals surface area (Å²) in [4.78, 5) is 14.5. The highest BCUT2D eigenvalue weighted by molar-refractivity contribution is 5.76. The number of carbonyl (C=O) groups is 1. The molecule has 116 valence electrons. The maximum absolute atomic E-state index is 12.5. The zero-order chi connectivity index (χ0) is 14.8. The van der Waals surface area contributed by atoms with Crippen molar-refractivity contribution in [3.05, 3.63) is 11.6 Å². The standard InChI is InChI=1S/C16H26N4O/c1-12(2)16-18-17-14-11-19(8-9-20(14)16)15(21)10-13-6-4-3-5-7-13/h12-13H,3-11H2,1-2H3. The number of carbonyl (C=O) groups excluding carboxylic acids is 1. The van der Waals surface area contributed by atoms with Crippen LogP contribution in [-0.4, -0.2) is 32.1 Å². The van der Waals surface area contributed by atoms with Crippen LogP contribution in [0.4, 0.5) is 0 Å². The van der Waals surface area contributed by atoms with E-state index in [0.717, 1.165) is 31.2 Å². The maximum atomic E-state index is 12.5. The summed E-state index contributed by atoms with van der Waals surface area (Å²) >= 11 is 0. The third kappa shape index (κ3) is 3.11. The highest BCUT2D eigenvalue weighted by Crippen LogP contribution is 2.27. The normalized spacial score (nSPS) is 19.9. The zero-order valence-electron chi connectivity index (χ0n) is 13.2. The molecule has 2 heterocycles. The van der Waals surface area contributed by atoms with Gasteiger partial charge >= 0.3 is 0 Å². The molecule has 1 aromatic heterocycles. The molecule has 1 aliphatic carbocycles. The van der Waals surface area contributed by atoms with E-state index in [2.05, 4.69) is 28.6 Å². The average Bonchev–Trinajstić information content (AvgIpc) is 2.91. The smallest absolute Gasteiger partial charge is 0.223 e. The van der Waals surface area contributed by atoms with E-state index in [1.165, 1.54) is 32.1 Å². The van der Waals surface area contributed by atoms with Gasteiger partial charge in [-0.3, -0.25) is 4.79 Å². The van der Waals surface area contributed by atoms with E-state index in [1.54, 1.807) is 0 Å². The van der Waals surface area contributed by atoms with Gasteiger partial charge in [-0.2, -0.15) is 0 Å². The number of fused-ring (bicyclic) bond motifs is 1. The van der Waals surface area contributed by atoms with E-state index >= 15 is 0 Å². The Morgan fingerprint density at radius 1 is 1.19 bits per heavy atom. The summed E-state index contributed by atoms with van der Waals surface area (Å²) < 4.78 is 2.19. The quantitative estimate of drug-likeness (QED) is 0.860. The molecule has 3 rings (SSSR count). The van der Waals surface area contributed by atoms with Gasteiger partial charge in [0.05, 0.1) is 6.54 Å². The van der Waals surface area contributed by atoms with Crippen LogP contribution in [0.25, 0.3) is 0 Å². The molecule has 1 saturated carbocycles.